The Bertz CT molecular complexity index is 246. The molecule has 0 aliphatic heterocycles. The average molecular weight is 220 g/mol. The van der Waals surface area contributed by atoms with Gasteiger partial charge in [0.05, 0.1) is 0 Å². The van der Waals surface area contributed by atoms with E-state index in [1.807, 2.05) is 13.0 Å². The molecular formula is C6H6BrNOS. The Hall–Kier alpha value is -0.220. The van der Waals surface area contributed by atoms with Gasteiger partial charge in [0.25, 0.3) is 0 Å². The van der Waals surface area contributed by atoms with Gasteiger partial charge < -0.3 is 0 Å². The minimum absolute atomic E-state index is 0.277. The number of rotatable bonds is 2. The summed E-state index contributed by atoms with van der Waals surface area (Å²) in [5, 5.41) is 2.81. The van der Waals surface area contributed by atoms with E-state index in [4.69, 9.17) is 0 Å². The lowest BCUT2D eigenvalue weighted by Gasteiger charge is -1.84. The summed E-state index contributed by atoms with van der Waals surface area (Å²) in [6.07, 6.45) is 0. The normalized spacial score (nSPS) is 9.80. The fourth-order valence-electron chi connectivity index (χ4n) is 0.698. The lowest BCUT2D eigenvalue weighted by atomic mass is 10.4. The molecule has 0 amide bonds. The first-order valence-electron chi connectivity index (χ1n) is 2.78. The molecule has 0 fully saturated rings. The van der Waals surface area contributed by atoms with Crippen molar-refractivity contribution in [3.05, 3.63) is 25.2 Å². The molecule has 54 valence electrons. The number of aryl methyl sites for hydroxylation is 1. The maximum Gasteiger partial charge on any atom is 0.116 e. The summed E-state index contributed by atoms with van der Waals surface area (Å²) in [6, 6.07) is 1.99. The highest BCUT2D eigenvalue weighted by atomic mass is 79.9. The minimum atomic E-state index is 0.277. The van der Waals surface area contributed by atoms with Gasteiger partial charge in [-0.15, -0.1) is 11.3 Å². The molecule has 0 unspecified atom stereocenters. The van der Waals surface area contributed by atoms with Gasteiger partial charge in [0.2, 0.25) is 0 Å². The number of hydrogen-bond donors (Lipinski definition) is 0. The number of halogens is 1. The molecule has 1 rings (SSSR count). The summed E-state index contributed by atoms with van der Waals surface area (Å²) in [5.41, 5.74) is 0. The standard InChI is InChI=1S/C6H6BrNOS/c1-4-2-5(7)6(10-4)3-8-9/h2H,3H2,1H3. The summed E-state index contributed by atoms with van der Waals surface area (Å²) >= 11 is 4.93. The van der Waals surface area contributed by atoms with Gasteiger partial charge >= 0.3 is 0 Å². The summed E-state index contributed by atoms with van der Waals surface area (Å²) in [6.45, 7) is 2.28. The second kappa shape index (κ2) is 3.25. The molecule has 2 nitrogen and oxygen atoms in total. The van der Waals surface area contributed by atoms with Gasteiger partial charge in [-0.05, 0) is 28.9 Å². The number of thiophene rings is 1. The van der Waals surface area contributed by atoms with Gasteiger partial charge in [-0.2, -0.15) is 4.91 Å². The Morgan fingerprint density at radius 3 is 2.90 bits per heavy atom. The fourth-order valence-corrected chi connectivity index (χ4v) is 2.40. The maximum atomic E-state index is 9.87. The molecule has 0 saturated carbocycles. The van der Waals surface area contributed by atoms with Crippen molar-refractivity contribution in [1.29, 1.82) is 0 Å². The third-order valence-electron chi connectivity index (χ3n) is 1.09. The lowest BCUT2D eigenvalue weighted by Crippen LogP contribution is -1.70. The highest BCUT2D eigenvalue weighted by Crippen LogP contribution is 2.27. The molecule has 1 aromatic rings. The molecule has 0 spiro atoms. The number of nitroso groups, excluding NO2 is 1. The Labute approximate surface area is 71.4 Å². The fraction of sp³-hybridized carbons (Fsp3) is 0.333. The van der Waals surface area contributed by atoms with Crippen molar-refractivity contribution < 1.29 is 0 Å². The molecule has 0 aromatic carbocycles. The SMILES string of the molecule is Cc1cc(Br)c(CN=O)s1. The molecule has 10 heavy (non-hydrogen) atoms. The van der Waals surface area contributed by atoms with Crippen molar-refractivity contribution in [1.82, 2.24) is 0 Å². The molecule has 0 aliphatic rings. The first-order chi connectivity index (χ1) is 4.74. The van der Waals surface area contributed by atoms with Crippen LogP contribution in [0.2, 0.25) is 0 Å². The van der Waals surface area contributed by atoms with Crippen molar-refractivity contribution in [2.24, 2.45) is 5.18 Å². The smallest absolute Gasteiger partial charge is 0.116 e. The Morgan fingerprint density at radius 2 is 2.50 bits per heavy atom. The topological polar surface area (TPSA) is 29.4 Å². The van der Waals surface area contributed by atoms with Crippen molar-refractivity contribution in [3.8, 4) is 0 Å². The highest BCUT2D eigenvalue weighted by molar-refractivity contribution is 9.10. The summed E-state index contributed by atoms with van der Waals surface area (Å²) in [7, 11) is 0. The molecule has 1 aromatic heterocycles. The van der Waals surface area contributed by atoms with Crippen molar-refractivity contribution >= 4 is 27.3 Å². The van der Waals surface area contributed by atoms with Crippen molar-refractivity contribution in [2.45, 2.75) is 13.5 Å². The molecule has 0 aliphatic carbocycles. The van der Waals surface area contributed by atoms with Gasteiger partial charge in [-0.25, -0.2) is 0 Å². The quantitative estimate of drug-likeness (QED) is 0.704. The van der Waals surface area contributed by atoms with E-state index >= 15 is 0 Å². The Balaban J connectivity index is 2.91. The largest absolute Gasteiger partial charge is 0.150 e. The van der Waals surface area contributed by atoms with Crippen LogP contribution in [0.1, 0.15) is 9.75 Å². The van der Waals surface area contributed by atoms with Gasteiger partial charge in [0, 0.05) is 14.2 Å². The van der Waals surface area contributed by atoms with Crippen molar-refractivity contribution in [2.75, 3.05) is 0 Å². The molecular weight excluding hydrogens is 214 g/mol. The molecule has 0 N–H and O–H groups in total. The van der Waals surface area contributed by atoms with Crippen LogP contribution in [0.25, 0.3) is 0 Å². The van der Waals surface area contributed by atoms with E-state index < -0.39 is 0 Å². The number of hydrogen-bond acceptors (Lipinski definition) is 3. The van der Waals surface area contributed by atoms with E-state index in [1.165, 1.54) is 4.88 Å². The average Bonchev–Trinajstić information content (AvgIpc) is 2.13. The van der Waals surface area contributed by atoms with Crippen LogP contribution in [0.5, 0.6) is 0 Å². The first kappa shape index (κ1) is 7.88. The molecule has 0 atom stereocenters. The van der Waals surface area contributed by atoms with E-state index in [0.29, 0.717) is 0 Å². The monoisotopic (exact) mass is 219 g/mol. The number of nitrogens with zero attached hydrogens (tertiary/aromatic N) is 1. The van der Waals surface area contributed by atoms with E-state index in [2.05, 4.69) is 21.1 Å². The second-order valence-electron chi connectivity index (χ2n) is 1.92. The highest BCUT2D eigenvalue weighted by Gasteiger charge is 2.02. The molecule has 0 bridgehead atoms. The zero-order valence-electron chi connectivity index (χ0n) is 5.43. The van der Waals surface area contributed by atoms with Crippen molar-refractivity contribution in [3.63, 3.8) is 0 Å². The Kier molecular flexibility index (Phi) is 2.56. The Morgan fingerprint density at radius 1 is 1.80 bits per heavy atom. The van der Waals surface area contributed by atoms with Crippen LogP contribution in [-0.2, 0) is 6.54 Å². The van der Waals surface area contributed by atoms with E-state index in [-0.39, 0.29) is 6.54 Å². The van der Waals surface area contributed by atoms with E-state index in [9.17, 15) is 4.91 Å². The second-order valence-corrected chi connectivity index (χ2v) is 4.11. The van der Waals surface area contributed by atoms with Gasteiger partial charge in [-0.1, -0.05) is 5.18 Å². The van der Waals surface area contributed by atoms with Gasteiger partial charge in [0.1, 0.15) is 6.54 Å². The molecule has 4 heteroatoms. The summed E-state index contributed by atoms with van der Waals surface area (Å²) in [4.78, 5) is 12.1. The summed E-state index contributed by atoms with van der Waals surface area (Å²) in [5.74, 6) is 0. The van der Waals surface area contributed by atoms with Gasteiger partial charge in [-0.3, -0.25) is 0 Å². The molecule has 0 radical (unpaired) electrons. The zero-order valence-corrected chi connectivity index (χ0v) is 7.83. The minimum Gasteiger partial charge on any atom is -0.150 e. The predicted octanol–water partition coefficient (Wildman–Crippen LogP) is 3.09. The van der Waals surface area contributed by atoms with Crippen LogP contribution in [0.4, 0.5) is 0 Å². The molecule has 1 heterocycles. The van der Waals surface area contributed by atoms with Crippen LogP contribution >= 0.6 is 27.3 Å². The van der Waals surface area contributed by atoms with Crippen LogP contribution in [0.3, 0.4) is 0 Å². The van der Waals surface area contributed by atoms with E-state index in [1.54, 1.807) is 11.3 Å². The predicted molar refractivity (Wildman–Crippen MR) is 46.3 cm³/mol. The first-order valence-corrected chi connectivity index (χ1v) is 4.39. The zero-order chi connectivity index (χ0) is 7.56. The molecule has 0 saturated heterocycles. The van der Waals surface area contributed by atoms with E-state index in [0.717, 1.165) is 9.35 Å². The summed E-state index contributed by atoms with van der Waals surface area (Å²) < 4.78 is 0.995. The van der Waals surface area contributed by atoms with Crippen LogP contribution in [0.15, 0.2) is 15.7 Å². The van der Waals surface area contributed by atoms with Crippen LogP contribution < -0.4 is 0 Å². The van der Waals surface area contributed by atoms with Crippen LogP contribution in [0, 0.1) is 11.8 Å². The maximum absolute atomic E-state index is 9.87. The van der Waals surface area contributed by atoms with Crippen LogP contribution in [-0.4, -0.2) is 0 Å². The lowest BCUT2D eigenvalue weighted by molar-refractivity contribution is 1.08. The third kappa shape index (κ3) is 1.64. The van der Waals surface area contributed by atoms with Gasteiger partial charge in [0.15, 0.2) is 0 Å². The third-order valence-corrected chi connectivity index (χ3v) is 3.09.